The molecule has 3 amide bonds. The van der Waals surface area contributed by atoms with Gasteiger partial charge in [-0.15, -0.1) is 0 Å². The van der Waals surface area contributed by atoms with Gasteiger partial charge in [0.15, 0.2) is 11.5 Å². The SMILES string of the molecule is COc1cc(C(=O)NNC(=O)CC(C)(C)CC(=O)Nc2ccc(Oc3ccccc3)cc2)cc(OC)c1OC. The lowest BCUT2D eigenvalue weighted by Gasteiger charge is -2.23. The molecule has 3 aromatic carbocycles. The maximum Gasteiger partial charge on any atom is 0.269 e. The molecule has 0 aliphatic heterocycles. The van der Waals surface area contributed by atoms with Crippen molar-refractivity contribution >= 4 is 23.4 Å². The minimum Gasteiger partial charge on any atom is -0.493 e. The largest absolute Gasteiger partial charge is 0.493 e. The van der Waals surface area contributed by atoms with Crippen LogP contribution in [0.2, 0.25) is 0 Å². The predicted octanol–water partition coefficient (Wildman–Crippen LogP) is 4.71. The first-order valence-corrected chi connectivity index (χ1v) is 12.2. The third kappa shape index (κ3) is 8.39. The van der Waals surface area contributed by atoms with Crippen LogP contribution < -0.4 is 35.1 Å². The van der Waals surface area contributed by atoms with Gasteiger partial charge in [0.25, 0.3) is 5.91 Å². The summed E-state index contributed by atoms with van der Waals surface area (Å²) in [6.45, 7) is 3.59. The number of hydrogen-bond donors (Lipinski definition) is 3. The van der Waals surface area contributed by atoms with Crippen LogP contribution in [0.5, 0.6) is 28.7 Å². The van der Waals surface area contributed by atoms with Gasteiger partial charge in [-0.3, -0.25) is 25.2 Å². The van der Waals surface area contributed by atoms with E-state index in [0.717, 1.165) is 0 Å². The van der Waals surface area contributed by atoms with Crippen molar-refractivity contribution in [3.63, 3.8) is 0 Å². The van der Waals surface area contributed by atoms with Gasteiger partial charge >= 0.3 is 0 Å². The zero-order valence-electron chi connectivity index (χ0n) is 22.6. The van der Waals surface area contributed by atoms with Crippen LogP contribution in [-0.2, 0) is 9.59 Å². The molecule has 0 spiro atoms. The Balaban J connectivity index is 1.49. The van der Waals surface area contributed by atoms with E-state index in [-0.39, 0.29) is 24.3 Å². The summed E-state index contributed by atoms with van der Waals surface area (Å²) in [5, 5.41) is 2.84. The van der Waals surface area contributed by atoms with Crippen molar-refractivity contribution in [2.75, 3.05) is 26.6 Å². The monoisotopic (exact) mass is 535 g/mol. The van der Waals surface area contributed by atoms with Crippen LogP contribution >= 0.6 is 0 Å². The van der Waals surface area contributed by atoms with Crippen molar-refractivity contribution in [2.24, 2.45) is 5.41 Å². The third-order valence-corrected chi connectivity index (χ3v) is 5.64. The summed E-state index contributed by atoms with van der Waals surface area (Å²) in [7, 11) is 4.34. The van der Waals surface area contributed by atoms with Gasteiger partial charge in [-0.05, 0) is 53.9 Å². The molecular formula is C29H33N3O7. The number of nitrogens with one attached hydrogen (secondary N) is 3. The fourth-order valence-corrected chi connectivity index (χ4v) is 3.82. The zero-order chi connectivity index (χ0) is 28.4. The minimum absolute atomic E-state index is 0.000190. The summed E-state index contributed by atoms with van der Waals surface area (Å²) in [4.78, 5) is 37.8. The van der Waals surface area contributed by atoms with Crippen molar-refractivity contribution in [3.8, 4) is 28.7 Å². The Morgan fingerprint density at radius 3 is 1.85 bits per heavy atom. The third-order valence-electron chi connectivity index (χ3n) is 5.64. The maximum atomic E-state index is 12.6. The van der Waals surface area contributed by atoms with Crippen molar-refractivity contribution in [1.29, 1.82) is 0 Å². The number of methoxy groups -OCH3 is 3. The Hall–Kier alpha value is -4.73. The van der Waals surface area contributed by atoms with E-state index in [0.29, 0.717) is 34.4 Å². The number of ether oxygens (including phenoxy) is 4. The second-order valence-electron chi connectivity index (χ2n) is 9.42. The number of carbonyl (C=O) groups excluding carboxylic acids is 3. The lowest BCUT2D eigenvalue weighted by Crippen LogP contribution is -2.43. The smallest absolute Gasteiger partial charge is 0.269 e. The average molecular weight is 536 g/mol. The van der Waals surface area contributed by atoms with Crippen LogP contribution in [0.4, 0.5) is 5.69 Å². The van der Waals surface area contributed by atoms with Gasteiger partial charge in [0.05, 0.1) is 21.3 Å². The molecule has 10 heteroatoms. The summed E-state index contributed by atoms with van der Waals surface area (Å²) in [6, 6.07) is 19.3. The molecule has 0 bridgehead atoms. The Morgan fingerprint density at radius 2 is 1.28 bits per heavy atom. The van der Waals surface area contributed by atoms with Crippen LogP contribution in [0.3, 0.4) is 0 Å². The number of benzene rings is 3. The van der Waals surface area contributed by atoms with E-state index < -0.39 is 17.2 Å². The number of amides is 3. The topological polar surface area (TPSA) is 124 Å². The first-order valence-electron chi connectivity index (χ1n) is 12.2. The van der Waals surface area contributed by atoms with E-state index in [9.17, 15) is 14.4 Å². The number of anilines is 1. The molecule has 206 valence electrons. The molecule has 0 heterocycles. The fourth-order valence-electron chi connectivity index (χ4n) is 3.82. The van der Waals surface area contributed by atoms with Crippen LogP contribution in [0.15, 0.2) is 66.7 Å². The van der Waals surface area contributed by atoms with E-state index in [1.165, 1.54) is 33.5 Å². The molecule has 0 saturated carbocycles. The van der Waals surface area contributed by atoms with Crippen LogP contribution in [-0.4, -0.2) is 39.1 Å². The molecule has 0 radical (unpaired) electrons. The molecule has 0 fully saturated rings. The molecule has 0 unspecified atom stereocenters. The van der Waals surface area contributed by atoms with Crippen LogP contribution in [0.25, 0.3) is 0 Å². The van der Waals surface area contributed by atoms with Crippen molar-refractivity contribution < 1.29 is 33.3 Å². The Morgan fingerprint density at radius 1 is 0.718 bits per heavy atom. The summed E-state index contributed by atoms with van der Waals surface area (Å²) in [6.07, 6.45) is 0.0866. The lowest BCUT2D eigenvalue weighted by atomic mass is 9.85. The predicted molar refractivity (Wildman–Crippen MR) is 146 cm³/mol. The molecule has 0 aliphatic carbocycles. The van der Waals surface area contributed by atoms with Gasteiger partial charge in [0, 0.05) is 24.1 Å². The number of rotatable bonds is 11. The Bertz CT molecular complexity index is 1270. The fraction of sp³-hybridized carbons (Fsp3) is 0.276. The van der Waals surface area contributed by atoms with Crippen molar-refractivity contribution in [3.05, 3.63) is 72.3 Å². The maximum absolute atomic E-state index is 12.6. The number of hydrogen-bond acceptors (Lipinski definition) is 7. The van der Waals surface area contributed by atoms with Gasteiger partial charge in [0.2, 0.25) is 17.6 Å². The second kappa shape index (κ2) is 13.2. The summed E-state index contributed by atoms with van der Waals surface area (Å²) in [5.41, 5.74) is 4.90. The van der Waals surface area contributed by atoms with E-state index in [2.05, 4.69) is 16.2 Å². The highest BCUT2D eigenvalue weighted by Gasteiger charge is 2.26. The van der Waals surface area contributed by atoms with Gasteiger partial charge < -0.3 is 24.3 Å². The summed E-state index contributed by atoms with van der Waals surface area (Å²) >= 11 is 0. The van der Waals surface area contributed by atoms with Gasteiger partial charge in [-0.1, -0.05) is 32.0 Å². The first-order chi connectivity index (χ1) is 18.6. The number of para-hydroxylation sites is 1. The van der Waals surface area contributed by atoms with E-state index in [1.807, 2.05) is 30.3 Å². The Labute approximate surface area is 227 Å². The van der Waals surface area contributed by atoms with E-state index in [1.54, 1.807) is 38.1 Å². The molecule has 3 rings (SSSR count). The molecule has 0 aromatic heterocycles. The normalized spacial score (nSPS) is 10.7. The Kier molecular flexibility index (Phi) is 9.75. The summed E-state index contributed by atoms with van der Waals surface area (Å²) in [5.74, 6) is 1.05. The molecule has 0 atom stereocenters. The molecule has 39 heavy (non-hydrogen) atoms. The molecule has 0 saturated heterocycles. The molecule has 10 nitrogen and oxygen atoms in total. The zero-order valence-corrected chi connectivity index (χ0v) is 22.6. The summed E-state index contributed by atoms with van der Waals surface area (Å²) < 4.78 is 21.5. The van der Waals surface area contributed by atoms with Gasteiger partial charge in [0.1, 0.15) is 11.5 Å². The van der Waals surface area contributed by atoms with E-state index in [4.69, 9.17) is 18.9 Å². The molecule has 0 aliphatic rings. The highest BCUT2D eigenvalue weighted by atomic mass is 16.5. The first kappa shape index (κ1) is 28.8. The van der Waals surface area contributed by atoms with E-state index >= 15 is 0 Å². The quantitative estimate of drug-likeness (QED) is 0.304. The van der Waals surface area contributed by atoms with Crippen molar-refractivity contribution in [1.82, 2.24) is 10.9 Å². The number of carbonyl (C=O) groups is 3. The highest BCUT2D eigenvalue weighted by molar-refractivity contribution is 5.97. The van der Waals surface area contributed by atoms with Crippen molar-refractivity contribution in [2.45, 2.75) is 26.7 Å². The lowest BCUT2D eigenvalue weighted by molar-refractivity contribution is -0.124. The highest BCUT2D eigenvalue weighted by Crippen LogP contribution is 2.38. The standard InChI is InChI=1S/C29H33N3O7/c1-29(2,17-25(33)30-20-11-13-22(14-12-20)39-21-9-7-6-8-10-21)18-26(34)31-32-28(35)19-15-23(36-3)27(38-5)24(16-19)37-4/h6-16H,17-18H2,1-5H3,(H,30,33)(H,31,34)(H,32,35). The second-order valence-corrected chi connectivity index (χ2v) is 9.42. The molecule has 3 N–H and O–H groups in total. The number of hydrazine groups is 1. The van der Waals surface area contributed by atoms with Gasteiger partial charge in [-0.25, -0.2) is 0 Å². The molecular weight excluding hydrogens is 502 g/mol. The van der Waals surface area contributed by atoms with Crippen LogP contribution in [0, 0.1) is 5.41 Å². The average Bonchev–Trinajstić information content (AvgIpc) is 2.91. The van der Waals surface area contributed by atoms with Gasteiger partial charge in [-0.2, -0.15) is 0 Å². The van der Waals surface area contributed by atoms with Crippen LogP contribution in [0.1, 0.15) is 37.0 Å². The minimum atomic E-state index is -0.679. The molecule has 3 aromatic rings.